The lowest BCUT2D eigenvalue weighted by Crippen LogP contribution is -2.48. The molecule has 0 saturated carbocycles. The van der Waals surface area contributed by atoms with Crippen molar-refractivity contribution in [2.75, 3.05) is 13.1 Å². The molecular formula is C12H22N2O3. The quantitative estimate of drug-likeness (QED) is 0.642. The van der Waals surface area contributed by atoms with Gasteiger partial charge in [0, 0.05) is 6.54 Å². The minimum absolute atomic E-state index is 0.147. The zero-order valence-corrected chi connectivity index (χ0v) is 10.6. The summed E-state index contributed by atoms with van der Waals surface area (Å²) in [7, 11) is 0. The van der Waals surface area contributed by atoms with Gasteiger partial charge in [0.15, 0.2) is 0 Å². The first-order valence-corrected chi connectivity index (χ1v) is 6.24. The lowest BCUT2D eigenvalue weighted by molar-refractivity contribution is -0.143. The van der Waals surface area contributed by atoms with Gasteiger partial charge in [-0.15, -0.1) is 0 Å². The molecule has 2 atom stereocenters. The molecule has 0 aromatic rings. The monoisotopic (exact) mass is 242 g/mol. The Bertz CT molecular complexity index is 285. The second-order valence-corrected chi connectivity index (χ2v) is 4.99. The molecule has 0 spiro atoms. The van der Waals surface area contributed by atoms with Gasteiger partial charge in [-0.2, -0.15) is 0 Å². The van der Waals surface area contributed by atoms with Crippen molar-refractivity contribution in [2.45, 2.75) is 45.6 Å². The molecule has 1 aliphatic rings. The van der Waals surface area contributed by atoms with Gasteiger partial charge in [-0.1, -0.05) is 19.8 Å². The molecule has 0 radical (unpaired) electrons. The molecule has 0 bridgehead atoms. The third-order valence-corrected chi connectivity index (χ3v) is 3.37. The highest BCUT2D eigenvalue weighted by Gasteiger charge is 2.37. The molecule has 0 aliphatic carbocycles. The third-order valence-electron chi connectivity index (χ3n) is 3.37. The number of unbranched alkanes of at least 4 members (excludes halogenated alkanes) is 1. The smallest absolute Gasteiger partial charge is 0.326 e. The van der Waals surface area contributed by atoms with Gasteiger partial charge in [0.1, 0.15) is 6.04 Å². The van der Waals surface area contributed by atoms with Crippen molar-refractivity contribution in [1.29, 1.82) is 0 Å². The van der Waals surface area contributed by atoms with E-state index in [9.17, 15) is 9.59 Å². The highest BCUT2D eigenvalue weighted by molar-refractivity contribution is 5.87. The normalized spacial score (nSPS) is 25.5. The lowest BCUT2D eigenvalue weighted by Gasteiger charge is -2.24. The van der Waals surface area contributed by atoms with Gasteiger partial charge in [0.25, 0.3) is 0 Å². The van der Waals surface area contributed by atoms with Crippen molar-refractivity contribution in [1.82, 2.24) is 10.6 Å². The summed E-state index contributed by atoms with van der Waals surface area (Å²) in [6.07, 6.45) is 3.00. The number of nitrogens with one attached hydrogen (secondary N) is 2. The predicted molar refractivity (Wildman–Crippen MR) is 64.7 cm³/mol. The molecule has 5 nitrogen and oxygen atoms in total. The fraction of sp³-hybridized carbons (Fsp3) is 0.833. The number of carbonyl (C=O) groups is 2. The predicted octanol–water partition coefficient (Wildman–Crippen LogP) is 0.746. The summed E-state index contributed by atoms with van der Waals surface area (Å²) < 4.78 is 0. The molecule has 1 aliphatic heterocycles. The van der Waals surface area contributed by atoms with Crippen LogP contribution >= 0.6 is 0 Å². The van der Waals surface area contributed by atoms with Crippen LogP contribution in [-0.4, -0.2) is 36.1 Å². The molecule has 1 heterocycles. The average Bonchev–Trinajstić information content (AvgIpc) is 2.72. The molecule has 1 fully saturated rings. The van der Waals surface area contributed by atoms with E-state index in [4.69, 9.17) is 5.11 Å². The van der Waals surface area contributed by atoms with E-state index >= 15 is 0 Å². The number of hydrogen-bond donors (Lipinski definition) is 3. The molecule has 98 valence electrons. The van der Waals surface area contributed by atoms with Crippen molar-refractivity contribution in [3.63, 3.8) is 0 Å². The van der Waals surface area contributed by atoms with E-state index in [0.29, 0.717) is 13.0 Å². The molecular weight excluding hydrogens is 220 g/mol. The Balaban J connectivity index is 2.54. The molecule has 5 heteroatoms. The minimum Gasteiger partial charge on any atom is -0.480 e. The Hall–Kier alpha value is -1.10. The van der Waals surface area contributed by atoms with Crippen LogP contribution < -0.4 is 10.6 Å². The van der Waals surface area contributed by atoms with Gasteiger partial charge < -0.3 is 15.7 Å². The zero-order chi connectivity index (χ0) is 12.9. The average molecular weight is 242 g/mol. The Morgan fingerprint density at radius 2 is 2.24 bits per heavy atom. The number of carbonyl (C=O) groups excluding carboxylic acids is 1. The Morgan fingerprint density at radius 1 is 1.53 bits per heavy atom. The van der Waals surface area contributed by atoms with Gasteiger partial charge in [-0.25, -0.2) is 4.79 Å². The number of carboxylic acids is 1. The first kappa shape index (κ1) is 14.0. The van der Waals surface area contributed by atoms with Crippen LogP contribution in [0.5, 0.6) is 0 Å². The maximum Gasteiger partial charge on any atom is 0.326 e. The summed E-state index contributed by atoms with van der Waals surface area (Å²) in [5.74, 6) is -1.09. The highest BCUT2D eigenvalue weighted by Crippen LogP contribution is 2.24. The van der Waals surface area contributed by atoms with Crippen molar-refractivity contribution >= 4 is 11.9 Å². The molecule has 1 rings (SSSR count). The van der Waals surface area contributed by atoms with E-state index in [2.05, 4.69) is 10.6 Å². The molecule has 3 N–H and O–H groups in total. The largest absolute Gasteiger partial charge is 0.480 e. The van der Waals surface area contributed by atoms with Crippen molar-refractivity contribution in [3.05, 3.63) is 0 Å². The second kappa shape index (κ2) is 6.00. The van der Waals surface area contributed by atoms with Crippen molar-refractivity contribution < 1.29 is 14.7 Å². The van der Waals surface area contributed by atoms with E-state index in [0.717, 1.165) is 25.8 Å². The Morgan fingerprint density at radius 3 is 2.71 bits per heavy atom. The highest BCUT2D eigenvalue weighted by atomic mass is 16.4. The lowest BCUT2D eigenvalue weighted by atomic mass is 9.88. The first-order valence-electron chi connectivity index (χ1n) is 6.24. The van der Waals surface area contributed by atoms with Gasteiger partial charge >= 0.3 is 5.97 Å². The number of hydrogen-bond acceptors (Lipinski definition) is 3. The van der Waals surface area contributed by atoms with Crippen molar-refractivity contribution in [3.8, 4) is 0 Å². The minimum atomic E-state index is -0.943. The number of rotatable bonds is 6. The summed E-state index contributed by atoms with van der Waals surface area (Å²) in [6.45, 7) is 5.32. The summed E-state index contributed by atoms with van der Waals surface area (Å²) in [5, 5.41) is 14.8. The van der Waals surface area contributed by atoms with E-state index in [1.807, 2.05) is 13.8 Å². The fourth-order valence-corrected chi connectivity index (χ4v) is 2.01. The molecule has 0 aromatic carbocycles. The van der Waals surface area contributed by atoms with Gasteiger partial charge in [-0.05, 0) is 26.3 Å². The van der Waals surface area contributed by atoms with Crippen LogP contribution in [0.3, 0.4) is 0 Å². The van der Waals surface area contributed by atoms with Crippen LogP contribution in [0.2, 0.25) is 0 Å². The van der Waals surface area contributed by atoms with Crippen LogP contribution in [0.4, 0.5) is 0 Å². The number of amides is 1. The Kier molecular flexibility index (Phi) is 4.93. The summed E-state index contributed by atoms with van der Waals surface area (Å²) in [4.78, 5) is 23.1. The van der Waals surface area contributed by atoms with Gasteiger partial charge in [0.05, 0.1) is 5.41 Å². The van der Waals surface area contributed by atoms with Crippen LogP contribution in [0.15, 0.2) is 0 Å². The standard InChI is InChI=1S/C12H22N2O3/c1-3-4-5-9(10(15)16)14-11(17)12(2)6-7-13-8-12/h9,13H,3-8H2,1-2H3,(H,14,17)(H,15,16)/t9-,12?/m0/s1. The molecule has 0 aromatic heterocycles. The van der Waals surface area contributed by atoms with Crippen LogP contribution in [0.1, 0.15) is 39.5 Å². The van der Waals surface area contributed by atoms with E-state index in [-0.39, 0.29) is 5.91 Å². The summed E-state index contributed by atoms with van der Waals surface area (Å²) in [5.41, 5.74) is -0.458. The summed E-state index contributed by atoms with van der Waals surface area (Å²) in [6, 6.07) is -0.750. The number of aliphatic carboxylic acids is 1. The fourth-order valence-electron chi connectivity index (χ4n) is 2.01. The SMILES string of the molecule is CCCC[C@H](NC(=O)C1(C)CCNC1)C(=O)O. The maximum absolute atomic E-state index is 12.0. The molecule has 1 saturated heterocycles. The second-order valence-electron chi connectivity index (χ2n) is 4.99. The third kappa shape index (κ3) is 3.70. The van der Waals surface area contributed by atoms with Crippen LogP contribution in [-0.2, 0) is 9.59 Å². The van der Waals surface area contributed by atoms with E-state index in [1.54, 1.807) is 0 Å². The summed E-state index contributed by atoms with van der Waals surface area (Å²) >= 11 is 0. The maximum atomic E-state index is 12.0. The number of carboxylic acid groups (broad SMARTS) is 1. The Labute approximate surface area is 102 Å². The van der Waals surface area contributed by atoms with Gasteiger partial charge in [0.2, 0.25) is 5.91 Å². The zero-order valence-electron chi connectivity index (χ0n) is 10.6. The van der Waals surface area contributed by atoms with Gasteiger partial charge in [-0.3, -0.25) is 4.79 Å². The van der Waals surface area contributed by atoms with Crippen LogP contribution in [0, 0.1) is 5.41 Å². The van der Waals surface area contributed by atoms with Crippen LogP contribution in [0.25, 0.3) is 0 Å². The first-order chi connectivity index (χ1) is 7.99. The molecule has 1 amide bonds. The molecule has 17 heavy (non-hydrogen) atoms. The topological polar surface area (TPSA) is 78.4 Å². The van der Waals surface area contributed by atoms with Crippen molar-refractivity contribution in [2.24, 2.45) is 5.41 Å². The van der Waals surface area contributed by atoms with E-state index < -0.39 is 17.4 Å². The van der Waals surface area contributed by atoms with E-state index in [1.165, 1.54) is 0 Å². The molecule has 1 unspecified atom stereocenters.